The van der Waals surface area contributed by atoms with Crippen molar-refractivity contribution in [3.63, 3.8) is 0 Å². The fraction of sp³-hybridized carbons (Fsp3) is 0.273. The molecular formula is C11H12FILiN. The molecule has 1 aromatic rings. The van der Waals surface area contributed by atoms with Gasteiger partial charge in [0.2, 0.25) is 0 Å². The van der Waals surface area contributed by atoms with Crippen molar-refractivity contribution in [1.82, 2.24) is 0 Å². The molecule has 0 atom stereocenters. The van der Waals surface area contributed by atoms with Gasteiger partial charge in [0.1, 0.15) is 6.07 Å². The van der Waals surface area contributed by atoms with Gasteiger partial charge in [0, 0.05) is 0 Å². The molecule has 15 heavy (non-hydrogen) atoms. The van der Waals surface area contributed by atoms with Gasteiger partial charge in [0.15, 0.2) is 5.82 Å². The molecule has 0 bridgehead atoms. The Bertz CT molecular complexity index is 321. The van der Waals surface area contributed by atoms with Crippen molar-refractivity contribution in [2.45, 2.75) is 19.8 Å². The van der Waals surface area contributed by atoms with Gasteiger partial charge < -0.3 is 6.92 Å². The van der Waals surface area contributed by atoms with E-state index in [0.29, 0.717) is 3.57 Å². The van der Waals surface area contributed by atoms with Crippen molar-refractivity contribution >= 4 is 22.6 Å². The van der Waals surface area contributed by atoms with Crippen LogP contribution in [0.25, 0.3) is 0 Å². The van der Waals surface area contributed by atoms with Gasteiger partial charge in [-0.1, -0.05) is 19.4 Å². The van der Waals surface area contributed by atoms with E-state index >= 15 is 0 Å². The van der Waals surface area contributed by atoms with E-state index in [1.54, 1.807) is 18.2 Å². The molecule has 4 heteroatoms. The number of nitriles is 1. The van der Waals surface area contributed by atoms with E-state index in [1.165, 1.54) is 12.5 Å². The second-order valence-electron chi connectivity index (χ2n) is 2.57. The van der Waals surface area contributed by atoms with E-state index in [1.807, 2.05) is 22.6 Å². The molecule has 76 valence electrons. The van der Waals surface area contributed by atoms with Crippen LogP contribution in [-0.2, 0) is 0 Å². The second-order valence-corrected chi connectivity index (χ2v) is 3.73. The molecule has 0 aromatic heterocycles. The normalized spacial score (nSPS) is 7.93. The van der Waals surface area contributed by atoms with Crippen LogP contribution in [0.2, 0.25) is 0 Å². The fourth-order valence-electron chi connectivity index (χ4n) is 0.590. The van der Waals surface area contributed by atoms with Gasteiger partial charge in [-0.3, -0.25) is 0 Å². The smallest absolute Gasteiger partial charge is 0.343 e. The minimum atomic E-state index is -0.425. The van der Waals surface area contributed by atoms with E-state index in [4.69, 9.17) is 5.26 Å². The Balaban J connectivity index is 0. The van der Waals surface area contributed by atoms with Crippen LogP contribution < -0.4 is 18.9 Å². The van der Waals surface area contributed by atoms with Gasteiger partial charge in [-0.2, -0.15) is 11.7 Å². The molecule has 0 spiro atoms. The topological polar surface area (TPSA) is 23.8 Å². The number of hydrogen-bond donors (Lipinski definition) is 0. The van der Waals surface area contributed by atoms with Gasteiger partial charge in [0.25, 0.3) is 0 Å². The summed E-state index contributed by atoms with van der Waals surface area (Å²) in [4.78, 5) is 0. The van der Waals surface area contributed by atoms with E-state index < -0.39 is 5.82 Å². The van der Waals surface area contributed by atoms with Gasteiger partial charge in [-0.25, -0.2) is 4.39 Å². The van der Waals surface area contributed by atoms with Crippen LogP contribution in [0, 0.1) is 27.6 Å². The van der Waals surface area contributed by atoms with Gasteiger partial charge in [0.05, 0.1) is 9.13 Å². The monoisotopic (exact) mass is 311 g/mol. The molecule has 0 aliphatic heterocycles. The molecule has 0 fully saturated rings. The van der Waals surface area contributed by atoms with Crippen LogP contribution in [0.4, 0.5) is 4.39 Å². The van der Waals surface area contributed by atoms with Crippen molar-refractivity contribution < 1.29 is 23.3 Å². The van der Waals surface area contributed by atoms with Crippen LogP contribution >= 0.6 is 22.6 Å². The molecule has 0 saturated carbocycles. The number of benzene rings is 1. The average Bonchev–Trinajstić information content (AvgIpc) is 2.22. The zero-order valence-corrected chi connectivity index (χ0v) is 11.2. The fourth-order valence-corrected chi connectivity index (χ4v) is 1.09. The second kappa shape index (κ2) is 10.5. The Morgan fingerprint density at radius 2 is 2.07 bits per heavy atom. The van der Waals surface area contributed by atoms with Gasteiger partial charge in [-0.05, 0) is 34.7 Å². The zero-order chi connectivity index (χ0) is 11.0. The predicted molar refractivity (Wildman–Crippen MR) is 64.1 cm³/mol. The average molecular weight is 311 g/mol. The first-order chi connectivity index (χ1) is 6.67. The summed E-state index contributed by atoms with van der Waals surface area (Å²) in [6, 6.07) is 6.49. The Labute approximate surface area is 116 Å². The van der Waals surface area contributed by atoms with E-state index in [9.17, 15) is 4.39 Å². The number of nitrogens with zero attached hydrogens (tertiary/aromatic N) is 1. The minimum absolute atomic E-state index is 0. The molecule has 0 N–H and O–H groups in total. The standard InChI is InChI=1S/C7H3FIN.C4H9.Li/c8-7-5(4-10)2-1-3-6(7)9;1-3-4-2;/h1-3H;1,3-4H2,2H3;/q;-1;+1. The van der Waals surface area contributed by atoms with Gasteiger partial charge in [-0.15, -0.1) is 0 Å². The van der Waals surface area contributed by atoms with Gasteiger partial charge >= 0.3 is 18.9 Å². The summed E-state index contributed by atoms with van der Waals surface area (Å²) in [6.07, 6.45) is 2.28. The summed E-state index contributed by atoms with van der Waals surface area (Å²) in [5.74, 6) is -0.425. The third-order valence-corrected chi connectivity index (χ3v) is 2.26. The summed E-state index contributed by atoms with van der Waals surface area (Å²) < 4.78 is 13.3. The summed E-state index contributed by atoms with van der Waals surface area (Å²) in [5.41, 5.74) is 0.104. The van der Waals surface area contributed by atoms with E-state index in [0.717, 1.165) is 6.42 Å². The third-order valence-electron chi connectivity index (χ3n) is 1.43. The molecule has 0 radical (unpaired) electrons. The molecular weight excluding hydrogens is 299 g/mol. The quantitative estimate of drug-likeness (QED) is 0.430. The molecule has 0 saturated heterocycles. The molecule has 1 nitrogen and oxygen atoms in total. The Hall–Kier alpha value is -0.0326. The molecule has 1 rings (SSSR count). The minimum Gasteiger partial charge on any atom is -0.343 e. The van der Waals surface area contributed by atoms with Crippen molar-refractivity contribution in [2.24, 2.45) is 0 Å². The molecule has 0 unspecified atom stereocenters. The first-order valence-corrected chi connectivity index (χ1v) is 5.38. The van der Waals surface area contributed by atoms with E-state index in [-0.39, 0.29) is 24.4 Å². The molecule has 0 aliphatic carbocycles. The Morgan fingerprint density at radius 1 is 1.53 bits per heavy atom. The molecule has 1 aromatic carbocycles. The maximum Gasteiger partial charge on any atom is 1.00 e. The predicted octanol–water partition coefficient (Wildman–Crippen LogP) is 0.927. The van der Waals surface area contributed by atoms with E-state index in [2.05, 4.69) is 13.8 Å². The summed E-state index contributed by atoms with van der Waals surface area (Å²) in [7, 11) is 0. The largest absolute Gasteiger partial charge is 1.00 e. The van der Waals surface area contributed by atoms with Crippen LogP contribution in [0.1, 0.15) is 25.3 Å². The van der Waals surface area contributed by atoms with Crippen LogP contribution in [0.3, 0.4) is 0 Å². The summed E-state index contributed by atoms with van der Waals surface area (Å²) in [6.45, 7) is 5.72. The Morgan fingerprint density at radius 3 is 2.40 bits per heavy atom. The maximum atomic E-state index is 12.8. The summed E-state index contributed by atoms with van der Waals surface area (Å²) >= 11 is 1.85. The summed E-state index contributed by atoms with van der Waals surface area (Å²) in [5, 5.41) is 8.35. The van der Waals surface area contributed by atoms with Crippen LogP contribution in [-0.4, -0.2) is 0 Å². The number of hydrogen-bond acceptors (Lipinski definition) is 1. The SMILES string of the molecule is N#Cc1cccc(I)c1F.[CH2-]CCC.[Li+]. The van der Waals surface area contributed by atoms with Crippen LogP contribution in [0.15, 0.2) is 18.2 Å². The van der Waals surface area contributed by atoms with Crippen molar-refractivity contribution in [2.75, 3.05) is 0 Å². The first-order valence-electron chi connectivity index (χ1n) is 4.30. The number of unbranched alkanes of at least 4 members (excludes halogenated alkanes) is 1. The van der Waals surface area contributed by atoms with Crippen molar-refractivity contribution in [3.8, 4) is 6.07 Å². The first kappa shape index (κ1) is 17.4. The van der Waals surface area contributed by atoms with Crippen molar-refractivity contribution in [1.29, 1.82) is 5.26 Å². The van der Waals surface area contributed by atoms with Crippen molar-refractivity contribution in [3.05, 3.63) is 40.1 Å². The Kier molecular flexibility index (Phi) is 12.1. The maximum absolute atomic E-state index is 12.8. The molecule has 0 heterocycles. The van der Waals surface area contributed by atoms with Crippen LogP contribution in [0.5, 0.6) is 0 Å². The number of rotatable bonds is 1. The molecule has 0 aliphatic rings. The zero-order valence-electron chi connectivity index (χ0n) is 9.06. The number of halogens is 2. The third kappa shape index (κ3) is 6.95. The molecule has 0 amide bonds.